The molecule has 6 heteroatoms. The fourth-order valence-electron chi connectivity index (χ4n) is 7.07. The fraction of sp³-hybridized carbons (Fsp3) is 0.265. The molecule has 0 saturated heterocycles. The number of benzene rings is 5. The normalized spacial score (nSPS) is 13.1. The Morgan fingerprint density at radius 2 is 1.22 bits per heavy atom. The second-order valence-corrected chi connectivity index (χ2v) is 17.2. The monoisotopic (exact) mass is 906 g/mol. The average Bonchev–Trinajstić information content (AvgIpc) is 3.67. The minimum Gasteiger partial charge on any atom is -0.509 e. The Bertz CT molecular complexity index is 2480. The van der Waals surface area contributed by atoms with Gasteiger partial charge in [0.25, 0.3) is 0 Å². The van der Waals surface area contributed by atoms with Crippen molar-refractivity contribution in [2.75, 3.05) is 9.80 Å². The van der Waals surface area contributed by atoms with Crippen LogP contribution in [0.1, 0.15) is 86.4 Å². The van der Waals surface area contributed by atoms with Gasteiger partial charge in [0.05, 0.1) is 0 Å². The minimum atomic E-state index is -0.131. The number of nitrogens with zero attached hydrogens (tertiary/aromatic N) is 4. The van der Waals surface area contributed by atoms with E-state index in [1.165, 1.54) is 11.1 Å². The molecular formula is C49H51N4OPt-3. The van der Waals surface area contributed by atoms with E-state index in [1.54, 1.807) is 0 Å². The van der Waals surface area contributed by atoms with Crippen LogP contribution < -0.4 is 14.5 Å². The Balaban J connectivity index is 0.00000257. The van der Waals surface area contributed by atoms with E-state index in [-0.39, 0.29) is 44.7 Å². The van der Waals surface area contributed by atoms with E-state index in [1.807, 2.05) is 12.3 Å². The van der Waals surface area contributed by atoms with Gasteiger partial charge in [-0.1, -0.05) is 118 Å². The van der Waals surface area contributed by atoms with E-state index in [2.05, 4.69) is 199 Å². The van der Waals surface area contributed by atoms with Crippen LogP contribution >= 0.6 is 0 Å². The molecule has 286 valence electrons. The Kier molecular flexibility index (Phi) is 10.6. The number of fused-ring (bicyclic) bond motifs is 4. The molecule has 0 saturated carbocycles. The Labute approximate surface area is 342 Å². The summed E-state index contributed by atoms with van der Waals surface area (Å²) in [6.45, 7) is 22.3. The van der Waals surface area contributed by atoms with Crippen molar-refractivity contribution in [3.05, 3.63) is 151 Å². The molecule has 55 heavy (non-hydrogen) atoms. The van der Waals surface area contributed by atoms with Crippen LogP contribution in [0.15, 0.2) is 115 Å². The third kappa shape index (κ3) is 7.56. The van der Waals surface area contributed by atoms with E-state index in [4.69, 9.17) is 9.72 Å². The van der Waals surface area contributed by atoms with Gasteiger partial charge in [0.15, 0.2) is 0 Å². The van der Waals surface area contributed by atoms with Gasteiger partial charge < -0.3 is 19.1 Å². The molecule has 0 N–H and O–H groups in total. The zero-order valence-corrected chi connectivity index (χ0v) is 34.8. The van der Waals surface area contributed by atoms with Gasteiger partial charge in [-0.2, -0.15) is 6.07 Å². The van der Waals surface area contributed by atoms with Crippen LogP contribution in [-0.4, -0.2) is 9.55 Å². The summed E-state index contributed by atoms with van der Waals surface area (Å²) in [7, 11) is 0. The summed E-state index contributed by atoms with van der Waals surface area (Å²) in [6, 6.07) is 45.9. The van der Waals surface area contributed by atoms with Crippen LogP contribution in [0.2, 0.25) is 0 Å². The molecule has 1 aliphatic heterocycles. The maximum atomic E-state index is 6.73. The van der Waals surface area contributed by atoms with Crippen molar-refractivity contribution in [1.82, 2.24) is 9.55 Å². The van der Waals surface area contributed by atoms with E-state index in [9.17, 15) is 0 Å². The number of aromatic nitrogens is 2. The van der Waals surface area contributed by atoms with Crippen molar-refractivity contribution in [2.45, 2.75) is 86.0 Å². The van der Waals surface area contributed by atoms with Gasteiger partial charge in [-0.15, -0.1) is 53.6 Å². The largest absolute Gasteiger partial charge is 0.509 e. The molecule has 8 rings (SSSR count). The van der Waals surface area contributed by atoms with Crippen LogP contribution in [-0.2, 0) is 37.3 Å². The maximum absolute atomic E-state index is 6.73. The van der Waals surface area contributed by atoms with Gasteiger partial charge in [0.1, 0.15) is 5.82 Å². The van der Waals surface area contributed by atoms with Crippen molar-refractivity contribution in [3.8, 4) is 17.3 Å². The number of ether oxygens (including phenoxy) is 1. The molecule has 0 amide bonds. The molecule has 1 aliphatic rings. The molecule has 5 aromatic carbocycles. The van der Waals surface area contributed by atoms with Crippen molar-refractivity contribution in [2.24, 2.45) is 0 Å². The molecule has 3 heterocycles. The Hall–Kier alpha value is -4.86. The second-order valence-electron chi connectivity index (χ2n) is 17.2. The molecule has 5 nitrogen and oxygen atoms in total. The number of pyridine rings is 1. The zero-order valence-electron chi connectivity index (χ0n) is 32.6. The number of rotatable bonds is 5. The van der Waals surface area contributed by atoms with Gasteiger partial charge in [0.2, 0.25) is 0 Å². The maximum Gasteiger partial charge on any atom is 0.135 e. The predicted octanol–water partition coefficient (Wildman–Crippen LogP) is 13.5. The van der Waals surface area contributed by atoms with Gasteiger partial charge in [-0.3, -0.25) is 0 Å². The van der Waals surface area contributed by atoms with E-state index in [0.717, 1.165) is 55.9 Å². The Morgan fingerprint density at radius 1 is 0.582 bits per heavy atom. The number of para-hydroxylation sites is 3. The van der Waals surface area contributed by atoms with Crippen LogP contribution in [0, 0.1) is 18.8 Å². The molecule has 2 aromatic heterocycles. The van der Waals surface area contributed by atoms with E-state index < -0.39 is 0 Å². The Morgan fingerprint density at radius 3 is 1.89 bits per heavy atom. The third-order valence-electron chi connectivity index (χ3n) is 10.2. The van der Waals surface area contributed by atoms with Crippen LogP contribution in [0.4, 0.5) is 22.7 Å². The first-order chi connectivity index (χ1) is 25.1. The number of anilines is 4. The van der Waals surface area contributed by atoms with Crippen molar-refractivity contribution in [3.63, 3.8) is 0 Å². The molecule has 0 bridgehead atoms. The molecule has 0 fully saturated rings. The first-order valence-electron chi connectivity index (χ1n) is 18.5. The zero-order chi connectivity index (χ0) is 37.3. The van der Waals surface area contributed by atoms with E-state index >= 15 is 0 Å². The standard InChI is InChI=1S/C48H47N4O.CH4.Pt/c1-46(2,3)32-18-20-35(21-19-32)50-31-51(43-17-13-12-16-42(43)50)36-26-34(48(7,8)9)27-38(29-36)53-37-22-23-40-39-14-10-11-15-41(39)52(44(40)30-37)45-28-33(24-25-49-45)47(4,5)6;;/h10-28,31H,1-9H3;1H4;/q-3;;. The molecule has 0 aliphatic carbocycles. The quantitative estimate of drug-likeness (QED) is 0.161. The van der Waals surface area contributed by atoms with Crippen LogP contribution in [0.3, 0.4) is 0 Å². The SMILES string of the molecule is C.CC(C)(C)c1ccc(N2[CH-]N(c3[c-]c(Oc4[c-]c5c(cc4)c4ccccc4n5-c4cc(C(C)(C)C)ccn4)cc(C(C)(C)C)c3)c3ccccc32)cc1.[Pt]. The summed E-state index contributed by atoms with van der Waals surface area (Å²) in [5.74, 6) is 2.12. The summed E-state index contributed by atoms with van der Waals surface area (Å²) in [5, 5.41) is 2.25. The van der Waals surface area contributed by atoms with E-state index in [0.29, 0.717) is 11.5 Å². The summed E-state index contributed by atoms with van der Waals surface area (Å²) in [6.07, 6.45) is 1.90. The summed E-state index contributed by atoms with van der Waals surface area (Å²) in [4.78, 5) is 9.32. The first-order valence-corrected chi connectivity index (χ1v) is 18.5. The predicted molar refractivity (Wildman–Crippen MR) is 227 cm³/mol. The van der Waals surface area contributed by atoms with Gasteiger partial charge in [-0.25, -0.2) is 4.98 Å². The van der Waals surface area contributed by atoms with Gasteiger partial charge in [0, 0.05) is 61.3 Å². The number of hydrogen-bond donors (Lipinski definition) is 0. The molecule has 0 unspecified atom stereocenters. The summed E-state index contributed by atoms with van der Waals surface area (Å²) in [5.41, 5.74) is 9.85. The average molecular weight is 907 g/mol. The second kappa shape index (κ2) is 14.7. The minimum absolute atomic E-state index is 0. The first kappa shape index (κ1) is 39.8. The molecular weight excluding hydrogens is 856 g/mol. The van der Waals surface area contributed by atoms with Crippen LogP contribution in [0.25, 0.3) is 27.6 Å². The molecule has 0 spiro atoms. The molecule has 0 atom stereocenters. The molecule has 0 radical (unpaired) electrons. The molecule has 7 aromatic rings. The van der Waals surface area contributed by atoms with Crippen molar-refractivity contribution in [1.29, 1.82) is 0 Å². The van der Waals surface area contributed by atoms with Crippen molar-refractivity contribution < 1.29 is 25.8 Å². The topological polar surface area (TPSA) is 33.5 Å². The number of hydrogen-bond acceptors (Lipinski definition) is 4. The smallest absolute Gasteiger partial charge is 0.135 e. The summed E-state index contributed by atoms with van der Waals surface area (Å²) >= 11 is 0. The fourth-order valence-corrected chi connectivity index (χ4v) is 7.07. The van der Waals surface area contributed by atoms with Gasteiger partial charge in [-0.05, 0) is 75.2 Å². The van der Waals surface area contributed by atoms with Crippen LogP contribution in [0.5, 0.6) is 11.5 Å². The third-order valence-corrected chi connectivity index (χ3v) is 10.2. The summed E-state index contributed by atoms with van der Waals surface area (Å²) < 4.78 is 8.93. The van der Waals surface area contributed by atoms with Gasteiger partial charge >= 0.3 is 0 Å². The van der Waals surface area contributed by atoms with Crippen molar-refractivity contribution >= 4 is 44.6 Å².